The molecule has 2 aromatic heterocycles. The Balaban J connectivity index is 1.47. The van der Waals surface area contributed by atoms with Crippen LogP contribution in [-0.4, -0.2) is 69.7 Å². The van der Waals surface area contributed by atoms with Crippen LogP contribution in [-0.2, 0) is 32.3 Å². The van der Waals surface area contributed by atoms with Crippen molar-refractivity contribution >= 4 is 21.6 Å². The number of aliphatic carboxylic acids is 1. The SMILES string of the molecule is Cc1ccc([C@@H](c2ccn3c(C(F)(F)F)nnc3c2C)C(F)(F)C(=O)O)cc1CN1CC2(CCOCC2)Oc2ccc(F)cc2S1(=O)=O. The molecule has 1 fully saturated rings. The molecule has 256 valence electrons. The Hall–Kier alpha value is -4.22. The molecule has 6 rings (SSSR count). The molecule has 0 bridgehead atoms. The number of hydrogen-bond donors (Lipinski definition) is 1. The maximum atomic E-state index is 15.7. The van der Waals surface area contributed by atoms with E-state index in [-0.39, 0.29) is 54.3 Å². The third-order valence-electron chi connectivity index (χ3n) is 8.85. The zero-order valence-electron chi connectivity index (χ0n) is 25.4. The van der Waals surface area contributed by atoms with Crippen LogP contribution in [0.1, 0.15) is 52.4 Å². The molecule has 4 heterocycles. The Morgan fingerprint density at radius 1 is 1.04 bits per heavy atom. The fraction of sp³-hybridized carbons (Fsp3) is 0.387. The van der Waals surface area contributed by atoms with Crippen LogP contribution in [0.15, 0.2) is 53.6 Å². The third-order valence-corrected chi connectivity index (χ3v) is 10.7. The van der Waals surface area contributed by atoms with Crippen molar-refractivity contribution in [1.29, 1.82) is 0 Å². The zero-order chi connectivity index (χ0) is 34.8. The van der Waals surface area contributed by atoms with Gasteiger partial charge in [0.15, 0.2) is 5.65 Å². The van der Waals surface area contributed by atoms with E-state index in [1.807, 2.05) is 0 Å². The van der Waals surface area contributed by atoms with Crippen LogP contribution in [0.3, 0.4) is 0 Å². The summed E-state index contributed by atoms with van der Waals surface area (Å²) in [4.78, 5) is 11.5. The Morgan fingerprint density at radius 2 is 1.75 bits per heavy atom. The highest BCUT2D eigenvalue weighted by molar-refractivity contribution is 7.89. The minimum Gasteiger partial charge on any atom is -0.484 e. The van der Waals surface area contributed by atoms with Crippen molar-refractivity contribution in [3.05, 3.63) is 88.1 Å². The summed E-state index contributed by atoms with van der Waals surface area (Å²) in [5.41, 5.74) is -1.49. The molecule has 1 saturated heterocycles. The van der Waals surface area contributed by atoms with Crippen LogP contribution >= 0.6 is 0 Å². The molecule has 10 nitrogen and oxygen atoms in total. The summed E-state index contributed by atoms with van der Waals surface area (Å²) in [6, 6.07) is 8.03. The maximum Gasteiger partial charge on any atom is 0.452 e. The zero-order valence-corrected chi connectivity index (χ0v) is 26.2. The number of halogens is 6. The van der Waals surface area contributed by atoms with E-state index in [1.165, 1.54) is 31.2 Å². The molecule has 0 aliphatic carbocycles. The van der Waals surface area contributed by atoms with E-state index >= 15 is 8.78 Å². The van der Waals surface area contributed by atoms with E-state index in [4.69, 9.17) is 9.47 Å². The summed E-state index contributed by atoms with van der Waals surface area (Å²) in [5.74, 6) is -11.4. The minimum absolute atomic E-state index is 0.0412. The molecule has 17 heteroatoms. The van der Waals surface area contributed by atoms with E-state index in [0.29, 0.717) is 22.8 Å². The quantitative estimate of drug-likeness (QED) is 0.263. The van der Waals surface area contributed by atoms with Gasteiger partial charge in [0.1, 0.15) is 22.1 Å². The molecule has 0 saturated carbocycles. The summed E-state index contributed by atoms with van der Waals surface area (Å²) >= 11 is 0. The highest BCUT2D eigenvalue weighted by Crippen LogP contribution is 2.44. The molecule has 1 atom stereocenters. The molecule has 1 spiro atoms. The predicted molar refractivity (Wildman–Crippen MR) is 156 cm³/mol. The highest BCUT2D eigenvalue weighted by Gasteiger charge is 2.51. The molecular formula is C31H28F6N4O6S. The van der Waals surface area contributed by atoms with Gasteiger partial charge in [-0.25, -0.2) is 17.6 Å². The van der Waals surface area contributed by atoms with Gasteiger partial charge in [0.2, 0.25) is 15.8 Å². The average Bonchev–Trinajstić information content (AvgIpc) is 3.44. The molecule has 0 amide bonds. The van der Waals surface area contributed by atoms with E-state index < -0.39 is 61.8 Å². The van der Waals surface area contributed by atoms with Gasteiger partial charge in [0.25, 0.3) is 0 Å². The average molecular weight is 699 g/mol. The molecule has 2 aromatic carbocycles. The molecule has 48 heavy (non-hydrogen) atoms. The summed E-state index contributed by atoms with van der Waals surface area (Å²) < 4.78 is 127. The fourth-order valence-electron chi connectivity index (χ4n) is 6.27. The van der Waals surface area contributed by atoms with E-state index in [0.717, 1.165) is 28.7 Å². The van der Waals surface area contributed by atoms with Crippen molar-refractivity contribution in [3.8, 4) is 5.75 Å². The molecule has 4 aromatic rings. The number of aryl methyl sites for hydroxylation is 2. The molecular weight excluding hydrogens is 670 g/mol. The summed E-state index contributed by atoms with van der Waals surface area (Å²) in [7, 11) is -4.42. The van der Waals surface area contributed by atoms with Crippen LogP contribution < -0.4 is 4.74 Å². The lowest BCUT2D eigenvalue weighted by Crippen LogP contribution is -2.50. The van der Waals surface area contributed by atoms with Gasteiger partial charge in [-0.3, -0.25) is 4.40 Å². The number of hydrogen-bond acceptors (Lipinski definition) is 7. The van der Waals surface area contributed by atoms with Gasteiger partial charge >= 0.3 is 18.1 Å². The van der Waals surface area contributed by atoms with Crippen LogP contribution in [0.4, 0.5) is 26.3 Å². The summed E-state index contributed by atoms with van der Waals surface area (Å²) in [6.45, 7) is 2.81. The van der Waals surface area contributed by atoms with Gasteiger partial charge in [0, 0.05) is 25.6 Å². The second-order valence-electron chi connectivity index (χ2n) is 11.9. The molecule has 2 aliphatic heterocycles. The first-order valence-electron chi connectivity index (χ1n) is 14.6. The number of ether oxygens (including phenoxy) is 2. The summed E-state index contributed by atoms with van der Waals surface area (Å²) in [5, 5.41) is 16.3. The number of aromatic nitrogens is 3. The molecule has 2 aliphatic rings. The number of carboxylic acid groups (broad SMARTS) is 1. The van der Waals surface area contributed by atoms with Crippen molar-refractivity contribution in [3.63, 3.8) is 0 Å². The number of carbonyl (C=O) groups is 1. The number of alkyl halides is 5. The smallest absolute Gasteiger partial charge is 0.452 e. The maximum absolute atomic E-state index is 15.7. The van der Waals surface area contributed by atoms with Crippen LogP contribution in [0.25, 0.3) is 5.65 Å². The number of fused-ring (bicyclic) bond motifs is 2. The lowest BCUT2D eigenvalue weighted by Gasteiger charge is -2.38. The van der Waals surface area contributed by atoms with Gasteiger partial charge < -0.3 is 14.6 Å². The van der Waals surface area contributed by atoms with Gasteiger partial charge in [-0.2, -0.15) is 26.3 Å². The van der Waals surface area contributed by atoms with Gasteiger partial charge in [-0.05, 0) is 65.9 Å². The number of rotatable bonds is 6. The number of pyridine rings is 1. The largest absolute Gasteiger partial charge is 0.484 e. The monoisotopic (exact) mass is 698 g/mol. The second-order valence-corrected chi connectivity index (χ2v) is 13.8. The van der Waals surface area contributed by atoms with Crippen molar-refractivity contribution < 1.29 is 54.1 Å². The molecule has 0 unspecified atom stereocenters. The van der Waals surface area contributed by atoms with Crippen molar-refractivity contribution in [1.82, 2.24) is 18.9 Å². The second kappa shape index (κ2) is 11.7. The van der Waals surface area contributed by atoms with Crippen LogP contribution in [0.5, 0.6) is 5.75 Å². The van der Waals surface area contributed by atoms with Crippen LogP contribution in [0, 0.1) is 19.7 Å². The molecule has 0 radical (unpaired) electrons. The van der Waals surface area contributed by atoms with Gasteiger partial charge in [0.05, 0.1) is 25.7 Å². The number of nitrogens with zero attached hydrogens (tertiary/aromatic N) is 4. The van der Waals surface area contributed by atoms with Crippen molar-refractivity contribution in [2.45, 2.75) is 61.7 Å². The first kappa shape index (κ1) is 33.7. The first-order valence-corrected chi connectivity index (χ1v) is 16.1. The first-order chi connectivity index (χ1) is 22.4. The number of benzene rings is 2. The van der Waals surface area contributed by atoms with E-state index in [9.17, 15) is 35.9 Å². The Kier molecular flexibility index (Phi) is 8.23. The predicted octanol–water partition coefficient (Wildman–Crippen LogP) is 5.49. The number of carboxylic acids is 1. The van der Waals surface area contributed by atoms with E-state index in [2.05, 4.69) is 10.2 Å². The van der Waals surface area contributed by atoms with Gasteiger partial charge in [-0.1, -0.05) is 18.2 Å². The topological polar surface area (TPSA) is 123 Å². The van der Waals surface area contributed by atoms with Gasteiger partial charge in [-0.15, -0.1) is 10.2 Å². The Bertz CT molecular complexity index is 2030. The normalized spacial score (nSPS) is 18.7. The van der Waals surface area contributed by atoms with E-state index in [1.54, 1.807) is 6.92 Å². The lowest BCUT2D eigenvalue weighted by atomic mass is 9.83. The third kappa shape index (κ3) is 5.77. The minimum atomic E-state index is -4.90. The summed E-state index contributed by atoms with van der Waals surface area (Å²) in [6.07, 6.45) is -3.45. The standard InChI is InChI=1S/C31H28F6N4O6S/c1-17-3-4-19(25(30(33,34)28(42)43)22-7-10-41-26(18(22)2)38-39-27(41)31(35,36)37)13-20(17)15-40-16-29(8-11-46-12-9-29)47-23-6-5-21(32)14-24(23)48(40,44)45/h3-7,10,13-14,25H,8-9,11-12,15-16H2,1-2H3,(H,42,43)/t25-/m0/s1. The van der Waals surface area contributed by atoms with Crippen LogP contribution in [0.2, 0.25) is 0 Å². The molecule has 1 N–H and O–H groups in total. The van der Waals surface area contributed by atoms with Crippen molar-refractivity contribution in [2.24, 2.45) is 0 Å². The highest BCUT2D eigenvalue weighted by atomic mass is 32.2. The van der Waals surface area contributed by atoms with Crippen molar-refractivity contribution in [2.75, 3.05) is 19.8 Å². The lowest BCUT2D eigenvalue weighted by molar-refractivity contribution is -0.166. The number of sulfonamides is 1. The fourth-order valence-corrected chi connectivity index (χ4v) is 7.88. The Morgan fingerprint density at radius 3 is 2.42 bits per heavy atom. The Labute approximate surface area is 270 Å².